The Bertz CT molecular complexity index is 1430. The molecule has 3 aromatic rings. The molecule has 0 unspecified atom stereocenters. The summed E-state index contributed by atoms with van der Waals surface area (Å²) in [6.45, 7) is 0. The van der Waals surface area contributed by atoms with Crippen LogP contribution in [-0.2, 0) is 11.0 Å². The quantitative estimate of drug-likeness (QED) is 0.119. The van der Waals surface area contributed by atoms with Gasteiger partial charge in [0, 0.05) is 10.5 Å². The molecule has 1 fully saturated rings. The zero-order valence-corrected chi connectivity index (χ0v) is 22.4. The number of rotatable bonds is 5. The zero-order chi connectivity index (χ0) is 26.2. The normalized spacial score (nSPS) is 15.0. The number of hydrogen-bond acceptors (Lipinski definition) is 6. The number of carbonyl (C=O) groups is 1. The van der Waals surface area contributed by atoms with Crippen molar-refractivity contribution in [3.63, 3.8) is 0 Å². The Balaban J connectivity index is 1.58. The number of nitro groups is 1. The van der Waals surface area contributed by atoms with E-state index >= 15 is 0 Å². The third kappa shape index (κ3) is 5.64. The van der Waals surface area contributed by atoms with E-state index in [4.69, 9.17) is 17.0 Å². The molecule has 184 valence electrons. The third-order valence-electron chi connectivity index (χ3n) is 4.84. The number of thiocarbonyl (C=S) groups is 1. The van der Waals surface area contributed by atoms with Crippen molar-refractivity contribution in [2.24, 2.45) is 0 Å². The number of alkyl halides is 3. The van der Waals surface area contributed by atoms with E-state index in [-0.39, 0.29) is 17.4 Å². The molecule has 0 saturated carbocycles. The van der Waals surface area contributed by atoms with E-state index in [0.717, 1.165) is 22.3 Å². The van der Waals surface area contributed by atoms with Crippen molar-refractivity contribution in [3.8, 4) is 11.5 Å². The van der Waals surface area contributed by atoms with Gasteiger partial charge in [-0.15, -0.1) is 0 Å². The number of thioether (sulfide) groups is 1. The topological polar surface area (TPSA) is 72.7 Å². The summed E-state index contributed by atoms with van der Waals surface area (Å²) < 4.78 is 46.0. The van der Waals surface area contributed by atoms with Crippen LogP contribution in [0.3, 0.4) is 0 Å². The second kappa shape index (κ2) is 10.3. The van der Waals surface area contributed by atoms with E-state index in [1.165, 1.54) is 11.0 Å². The molecular weight excluding hydrogens is 649 g/mol. The summed E-state index contributed by atoms with van der Waals surface area (Å²) in [5.74, 6) is -0.501. The molecule has 1 saturated heterocycles. The fourth-order valence-corrected chi connectivity index (χ4v) is 5.20. The van der Waals surface area contributed by atoms with Crippen LogP contribution in [0.1, 0.15) is 11.1 Å². The van der Waals surface area contributed by atoms with Gasteiger partial charge in [-0.05, 0) is 76.1 Å². The van der Waals surface area contributed by atoms with Crippen molar-refractivity contribution in [2.75, 3.05) is 4.90 Å². The number of benzene rings is 3. The minimum atomic E-state index is -4.73. The molecule has 1 aliphatic rings. The third-order valence-corrected chi connectivity index (χ3v) is 7.29. The lowest BCUT2D eigenvalue weighted by Gasteiger charge is -2.14. The average molecular weight is 660 g/mol. The predicted octanol–water partition coefficient (Wildman–Crippen LogP) is 8.34. The van der Waals surface area contributed by atoms with Crippen molar-refractivity contribution in [1.82, 2.24) is 0 Å². The molecular formula is C23H11Br2F3N2O4S2. The lowest BCUT2D eigenvalue weighted by atomic mass is 10.1. The minimum absolute atomic E-state index is 0.137. The Kier molecular flexibility index (Phi) is 7.55. The Labute approximate surface area is 228 Å². The molecule has 0 radical (unpaired) electrons. The molecule has 13 heteroatoms. The highest BCUT2D eigenvalue weighted by atomic mass is 79.9. The first-order valence-electron chi connectivity index (χ1n) is 9.80. The zero-order valence-electron chi connectivity index (χ0n) is 17.6. The summed E-state index contributed by atoms with van der Waals surface area (Å²) in [4.78, 5) is 25.1. The molecule has 0 atom stereocenters. The molecule has 0 spiro atoms. The SMILES string of the molecule is O=C1/C(=C\c2ccc(Oc3ccc(C(F)(F)F)cc3[N+](=O)[O-])c(Br)c2)SC(=S)N1c1ccc(Br)cc1. The number of halogens is 5. The standard InChI is InChI=1S/C23H11Br2F3N2O4S2/c24-14-3-5-15(6-4-14)29-21(31)20(36-22(29)35)10-12-1-7-18(16(25)9-12)34-19-8-2-13(23(26,27)28)11-17(19)30(32)33/h1-11H/b20-10+. The lowest BCUT2D eigenvalue weighted by molar-refractivity contribution is -0.385. The van der Waals surface area contributed by atoms with Gasteiger partial charge in [-0.1, -0.05) is 46.0 Å². The molecule has 0 aliphatic carbocycles. The summed E-state index contributed by atoms with van der Waals surface area (Å²) in [5, 5.41) is 11.3. The second-order valence-electron chi connectivity index (χ2n) is 7.22. The van der Waals surface area contributed by atoms with Gasteiger partial charge in [-0.25, -0.2) is 0 Å². The van der Waals surface area contributed by atoms with Crippen molar-refractivity contribution < 1.29 is 27.6 Å². The van der Waals surface area contributed by atoms with Crippen LogP contribution in [0.15, 0.2) is 74.5 Å². The van der Waals surface area contributed by atoms with E-state index in [2.05, 4.69) is 31.9 Å². The smallest absolute Gasteiger partial charge is 0.416 e. The first kappa shape index (κ1) is 26.3. The number of nitrogens with zero attached hydrogens (tertiary/aromatic N) is 2. The van der Waals surface area contributed by atoms with Gasteiger partial charge in [0.2, 0.25) is 5.75 Å². The Morgan fingerprint density at radius 1 is 1.03 bits per heavy atom. The van der Waals surface area contributed by atoms with Gasteiger partial charge in [-0.3, -0.25) is 19.8 Å². The number of ether oxygens (including phenoxy) is 1. The van der Waals surface area contributed by atoms with Gasteiger partial charge in [0.1, 0.15) is 5.75 Å². The monoisotopic (exact) mass is 658 g/mol. The maximum Gasteiger partial charge on any atom is 0.416 e. The molecule has 0 bridgehead atoms. The maximum absolute atomic E-state index is 13.0. The Morgan fingerprint density at radius 3 is 2.31 bits per heavy atom. The van der Waals surface area contributed by atoms with E-state index in [9.17, 15) is 28.1 Å². The van der Waals surface area contributed by atoms with Crippen LogP contribution in [0.2, 0.25) is 0 Å². The summed E-state index contributed by atoms with van der Waals surface area (Å²) >= 11 is 13.2. The van der Waals surface area contributed by atoms with Gasteiger partial charge in [0.25, 0.3) is 5.91 Å². The largest absolute Gasteiger partial charge is 0.449 e. The van der Waals surface area contributed by atoms with Crippen molar-refractivity contribution in [3.05, 3.63) is 95.8 Å². The molecule has 36 heavy (non-hydrogen) atoms. The molecule has 0 N–H and O–H groups in total. The minimum Gasteiger partial charge on any atom is -0.449 e. The highest BCUT2D eigenvalue weighted by molar-refractivity contribution is 9.10. The van der Waals surface area contributed by atoms with Crippen molar-refractivity contribution in [2.45, 2.75) is 6.18 Å². The number of nitro benzene ring substituents is 1. The summed E-state index contributed by atoms with van der Waals surface area (Å²) in [6, 6.07) is 13.8. The van der Waals surface area contributed by atoms with Crippen LogP contribution in [-0.4, -0.2) is 15.2 Å². The highest BCUT2D eigenvalue weighted by Gasteiger charge is 2.34. The van der Waals surface area contributed by atoms with Crippen LogP contribution >= 0.6 is 55.8 Å². The lowest BCUT2D eigenvalue weighted by Crippen LogP contribution is -2.27. The molecule has 3 aromatic carbocycles. The van der Waals surface area contributed by atoms with E-state index < -0.39 is 22.4 Å². The fourth-order valence-electron chi connectivity index (χ4n) is 3.16. The number of anilines is 1. The van der Waals surface area contributed by atoms with Crippen LogP contribution in [0, 0.1) is 10.1 Å². The molecule has 1 amide bonds. The van der Waals surface area contributed by atoms with Crippen molar-refractivity contribution >= 4 is 83.5 Å². The van der Waals surface area contributed by atoms with Crippen LogP contribution in [0.5, 0.6) is 11.5 Å². The molecule has 4 rings (SSSR count). The maximum atomic E-state index is 13.0. The van der Waals surface area contributed by atoms with E-state index in [1.807, 2.05) is 0 Å². The summed E-state index contributed by atoms with van der Waals surface area (Å²) in [5.41, 5.74) is -0.742. The number of carbonyl (C=O) groups excluding carboxylic acids is 1. The second-order valence-corrected chi connectivity index (χ2v) is 10.7. The van der Waals surface area contributed by atoms with Crippen molar-refractivity contribution in [1.29, 1.82) is 0 Å². The molecule has 0 aromatic heterocycles. The van der Waals surface area contributed by atoms with Gasteiger partial charge in [0.05, 0.1) is 25.6 Å². The predicted molar refractivity (Wildman–Crippen MR) is 142 cm³/mol. The molecule has 6 nitrogen and oxygen atoms in total. The fraction of sp³-hybridized carbons (Fsp3) is 0.0435. The summed E-state index contributed by atoms with van der Waals surface area (Å²) in [7, 11) is 0. The van der Waals surface area contributed by atoms with Gasteiger partial charge < -0.3 is 4.74 Å². The van der Waals surface area contributed by atoms with Gasteiger partial charge in [-0.2, -0.15) is 13.2 Å². The van der Waals surface area contributed by atoms with Crippen LogP contribution in [0.25, 0.3) is 6.08 Å². The number of hydrogen-bond donors (Lipinski definition) is 0. The van der Waals surface area contributed by atoms with Crippen LogP contribution in [0.4, 0.5) is 24.5 Å². The summed E-state index contributed by atoms with van der Waals surface area (Å²) in [6.07, 6.45) is -3.10. The van der Waals surface area contributed by atoms with Gasteiger partial charge >= 0.3 is 11.9 Å². The first-order chi connectivity index (χ1) is 16.9. The Hall–Kier alpha value is -2.74. The number of amides is 1. The molecule has 1 heterocycles. The molecule has 1 aliphatic heterocycles. The van der Waals surface area contributed by atoms with Gasteiger partial charge in [0.15, 0.2) is 4.32 Å². The highest BCUT2D eigenvalue weighted by Crippen LogP contribution is 2.41. The van der Waals surface area contributed by atoms with E-state index in [0.29, 0.717) is 37.1 Å². The van der Waals surface area contributed by atoms with E-state index in [1.54, 1.807) is 42.5 Å². The van der Waals surface area contributed by atoms with Crippen LogP contribution < -0.4 is 9.64 Å². The average Bonchev–Trinajstić information content (AvgIpc) is 3.08. The first-order valence-corrected chi connectivity index (χ1v) is 12.6. The Morgan fingerprint density at radius 2 is 1.69 bits per heavy atom.